The van der Waals surface area contributed by atoms with E-state index in [1.54, 1.807) is 36.6 Å². The summed E-state index contributed by atoms with van der Waals surface area (Å²) in [6.07, 6.45) is 0. The van der Waals surface area contributed by atoms with Crippen LogP contribution in [0.4, 0.5) is 0 Å². The first-order chi connectivity index (χ1) is 12.3. The van der Waals surface area contributed by atoms with Crippen LogP contribution in [0.1, 0.15) is 21.5 Å². The number of ether oxygens (including phenoxy) is 2. The third-order valence-corrected chi connectivity index (χ3v) is 4.43. The van der Waals surface area contributed by atoms with Crippen LogP contribution in [0.3, 0.4) is 0 Å². The number of amides is 1. The maximum absolute atomic E-state index is 12.3. The molecule has 3 rings (SSSR count). The predicted molar refractivity (Wildman–Crippen MR) is 99.3 cm³/mol. The van der Waals surface area contributed by atoms with Crippen molar-refractivity contribution in [3.63, 3.8) is 0 Å². The highest BCUT2D eigenvalue weighted by Gasteiger charge is 2.11. The molecule has 0 saturated carbocycles. The van der Waals surface area contributed by atoms with Gasteiger partial charge in [0.2, 0.25) is 0 Å². The molecule has 0 spiro atoms. The average Bonchev–Trinajstić information content (AvgIpc) is 3.18. The van der Waals surface area contributed by atoms with Crippen molar-refractivity contribution in [2.75, 3.05) is 7.11 Å². The molecule has 1 aromatic heterocycles. The molecule has 0 aliphatic carbocycles. The Balaban J connectivity index is 1.65. The number of hydrogen-bond acceptors (Lipinski definition) is 4. The number of nitrogens with one attached hydrogen (secondary N) is 1. The molecule has 1 amide bonds. The molecule has 0 radical (unpaired) electrons. The monoisotopic (exact) mass is 353 g/mol. The van der Waals surface area contributed by atoms with E-state index in [2.05, 4.69) is 5.32 Å². The van der Waals surface area contributed by atoms with Gasteiger partial charge in [0.1, 0.15) is 6.61 Å². The highest BCUT2D eigenvalue weighted by molar-refractivity contribution is 7.07. The van der Waals surface area contributed by atoms with Crippen molar-refractivity contribution in [3.8, 4) is 11.5 Å². The molecule has 2 aromatic carbocycles. The second-order valence-corrected chi connectivity index (χ2v) is 6.23. The van der Waals surface area contributed by atoms with E-state index in [0.29, 0.717) is 30.2 Å². The molecule has 0 fully saturated rings. The van der Waals surface area contributed by atoms with Crippen molar-refractivity contribution in [2.45, 2.75) is 13.2 Å². The largest absolute Gasteiger partial charge is 0.493 e. The third-order valence-electron chi connectivity index (χ3n) is 3.70. The highest BCUT2D eigenvalue weighted by atomic mass is 32.1. The molecule has 5 heteroatoms. The van der Waals surface area contributed by atoms with Gasteiger partial charge in [0, 0.05) is 12.1 Å². The Hall–Kier alpha value is -2.79. The van der Waals surface area contributed by atoms with Gasteiger partial charge in [-0.3, -0.25) is 4.79 Å². The van der Waals surface area contributed by atoms with Gasteiger partial charge in [0.05, 0.1) is 7.11 Å². The highest BCUT2D eigenvalue weighted by Crippen LogP contribution is 2.29. The molecule has 128 valence electrons. The lowest BCUT2D eigenvalue weighted by Crippen LogP contribution is -2.22. The zero-order chi connectivity index (χ0) is 17.5. The van der Waals surface area contributed by atoms with Gasteiger partial charge in [-0.25, -0.2) is 0 Å². The standard InChI is InChI=1S/C20H19NO3S/c1-23-19-11-17(20(22)21-12-16-9-10-25-14-16)7-8-18(19)24-13-15-5-3-2-4-6-15/h2-11,14H,12-13H2,1H3,(H,21,22). The van der Waals surface area contributed by atoms with Gasteiger partial charge < -0.3 is 14.8 Å². The Morgan fingerprint density at radius 1 is 1.04 bits per heavy atom. The molecule has 0 aliphatic heterocycles. The first-order valence-electron chi connectivity index (χ1n) is 7.90. The van der Waals surface area contributed by atoms with Gasteiger partial charge in [-0.1, -0.05) is 30.3 Å². The minimum Gasteiger partial charge on any atom is -0.493 e. The second kappa shape index (κ2) is 8.35. The lowest BCUT2D eigenvalue weighted by atomic mass is 10.2. The normalized spacial score (nSPS) is 10.3. The van der Waals surface area contributed by atoms with Gasteiger partial charge in [0.15, 0.2) is 11.5 Å². The molecular formula is C20H19NO3S. The van der Waals surface area contributed by atoms with E-state index in [-0.39, 0.29) is 5.91 Å². The van der Waals surface area contributed by atoms with Crippen LogP contribution in [0, 0.1) is 0 Å². The summed E-state index contributed by atoms with van der Waals surface area (Å²) in [6, 6.07) is 17.1. The first kappa shape index (κ1) is 17.0. The molecule has 0 unspecified atom stereocenters. The molecule has 1 N–H and O–H groups in total. The fourth-order valence-corrected chi connectivity index (χ4v) is 3.01. The number of benzene rings is 2. The van der Waals surface area contributed by atoms with E-state index in [4.69, 9.17) is 9.47 Å². The summed E-state index contributed by atoms with van der Waals surface area (Å²) in [5.74, 6) is 1.01. The molecule has 0 bridgehead atoms. The fourth-order valence-electron chi connectivity index (χ4n) is 2.34. The third kappa shape index (κ3) is 4.61. The Bertz CT molecular complexity index is 816. The minimum absolute atomic E-state index is 0.140. The van der Waals surface area contributed by atoms with Crippen LogP contribution in [0.15, 0.2) is 65.4 Å². The maximum Gasteiger partial charge on any atom is 0.251 e. The van der Waals surface area contributed by atoms with Crippen molar-refractivity contribution < 1.29 is 14.3 Å². The van der Waals surface area contributed by atoms with Crippen LogP contribution >= 0.6 is 11.3 Å². The van der Waals surface area contributed by atoms with Crippen LogP contribution in [0.5, 0.6) is 11.5 Å². The number of thiophene rings is 1. The summed E-state index contributed by atoms with van der Waals surface area (Å²) in [4.78, 5) is 12.3. The Kier molecular flexibility index (Phi) is 5.69. The van der Waals surface area contributed by atoms with Gasteiger partial charge >= 0.3 is 0 Å². The van der Waals surface area contributed by atoms with E-state index < -0.39 is 0 Å². The van der Waals surface area contributed by atoms with E-state index >= 15 is 0 Å². The summed E-state index contributed by atoms with van der Waals surface area (Å²) < 4.78 is 11.2. The number of hydrogen-bond donors (Lipinski definition) is 1. The van der Waals surface area contributed by atoms with Crippen molar-refractivity contribution in [1.29, 1.82) is 0 Å². The van der Waals surface area contributed by atoms with Crippen LogP contribution in [-0.2, 0) is 13.2 Å². The Labute approximate surface area is 151 Å². The van der Waals surface area contributed by atoms with Crippen LogP contribution in [0.2, 0.25) is 0 Å². The molecule has 4 nitrogen and oxygen atoms in total. The quantitative estimate of drug-likeness (QED) is 0.690. The first-order valence-corrected chi connectivity index (χ1v) is 8.84. The molecule has 0 atom stereocenters. The molecule has 25 heavy (non-hydrogen) atoms. The van der Waals surface area contributed by atoms with Gasteiger partial charge in [0.25, 0.3) is 5.91 Å². The topological polar surface area (TPSA) is 47.6 Å². The molecular weight excluding hydrogens is 334 g/mol. The summed E-state index contributed by atoms with van der Waals surface area (Å²) in [5.41, 5.74) is 2.70. The second-order valence-electron chi connectivity index (χ2n) is 5.45. The molecule has 3 aromatic rings. The van der Waals surface area contributed by atoms with Crippen LogP contribution in [-0.4, -0.2) is 13.0 Å². The molecule has 0 saturated heterocycles. The van der Waals surface area contributed by atoms with Crippen molar-refractivity contribution >= 4 is 17.2 Å². The van der Waals surface area contributed by atoms with Gasteiger partial charge in [-0.05, 0) is 46.2 Å². The zero-order valence-electron chi connectivity index (χ0n) is 13.9. The SMILES string of the molecule is COc1cc(C(=O)NCc2ccsc2)ccc1OCc1ccccc1. The lowest BCUT2D eigenvalue weighted by Gasteiger charge is -2.12. The zero-order valence-corrected chi connectivity index (χ0v) is 14.7. The number of carbonyl (C=O) groups is 1. The van der Waals surface area contributed by atoms with Gasteiger partial charge in [-0.2, -0.15) is 11.3 Å². The number of rotatable bonds is 7. The van der Waals surface area contributed by atoms with E-state index in [1.165, 1.54) is 0 Å². The van der Waals surface area contributed by atoms with Crippen LogP contribution in [0.25, 0.3) is 0 Å². The summed E-state index contributed by atoms with van der Waals surface area (Å²) in [7, 11) is 1.57. The molecule has 1 heterocycles. The molecule has 0 aliphatic rings. The summed E-state index contributed by atoms with van der Waals surface area (Å²) in [5, 5.41) is 6.91. The van der Waals surface area contributed by atoms with Crippen molar-refractivity contribution in [2.24, 2.45) is 0 Å². The number of methoxy groups -OCH3 is 1. The summed E-state index contributed by atoms with van der Waals surface area (Å²) in [6.45, 7) is 0.956. The number of carbonyl (C=O) groups excluding carboxylic acids is 1. The Morgan fingerprint density at radius 2 is 1.88 bits per heavy atom. The maximum atomic E-state index is 12.3. The Morgan fingerprint density at radius 3 is 2.60 bits per heavy atom. The van der Waals surface area contributed by atoms with Crippen molar-refractivity contribution in [1.82, 2.24) is 5.32 Å². The minimum atomic E-state index is -0.140. The average molecular weight is 353 g/mol. The predicted octanol–water partition coefficient (Wildman–Crippen LogP) is 4.27. The van der Waals surface area contributed by atoms with Gasteiger partial charge in [-0.15, -0.1) is 0 Å². The van der Waals surface area contributed by atoms with Crippen LogP contribution < -0.4 is 14.8 Å². The van der Waals surface area contributed by atoms with E-state index in [0.717, 1.165) is 11.1 Å². The fraction of sp³-hybridized carbons (Fsp3) is 0.150. The smallest absolute Gasteiger partial charge is 0.251 e. The van der Waals surface area contributed by atoms with Crippen molar-refractivity contribution in [3.05, 3.63) is 82.0 Å². The van der Waals surface area contributed by atoms with E-state index in [9.17, 15) is 4.79 Å². The lowest BCUT2D eigenvalue weighted by molar-refractivity contribution is 0.0950. The summed E-state index contributed by atoms with van der Waals surface area (Å²) >= 11 is 1.61. The van der Waals surface area contributed by atoms with E-state index in [1.807, 2.05) is 47.2 Å².